The van der Waals surface area contributed by atoms with Gasteiger partial charge in [-0.25, -0.2) is 4.39 Å². The fourth-order valence-corrected chi connectivity index (χ4v) is 6.28. The molecule has 3 aliphatic rings. The highest BCUT2D eigenvalue weighted by molar-refractivity contribution is 6.01. The molecule has 0 radical (unpaired) electrons. The predicted molar refractivity (Wildman–Crippen MR) is 137 cm³/mol. The van der Waals surface area contributed by atoms with Gasteiger partial charge in [-0.1, -0.05) is 30.3 Å². The first-order valence-electron chi connectivity index (χ1n) is 13.0. The molecule has 2 heterocycles. The number of benzene rings is 2. The van der Waals surface area contributed by atoms with Gasteiger partial charge in [0.1, 0.15) is 17.6 Å². The van der Waals surface area contributed by atoms with Gasteiger partial charge < -0.3 is 15.4 Å². The van der Waals surface area contributed by atoms with Crippen LogP contribution in [0.1, 0.15) is 64.7 Å². The third-order valence-corrected chi connectivity index (χ3v) is 8.37. The van der Waals surface area contributed by atoms with E-state index in [1.54, 1.807) is 31.4 Å². The minimum absolute atomic E-state index is 0.0381. The zero-order chi connectivity index (χ0) is 25.6. The summed E-state index contributed by atoms with van der Waals surface area (Å²) in [6, 6.07) is 13.9. The smallest absolute Gasteiger partial charge is 0.270 e. The molecule has 1 unspecified atom stereocenters. The maximum absolute atomic E-state index is 15.1. The van der Waals surface area contributed by atoms with Crippen LogP contribution in [0.5, 0.6) is 0 Å². The molecule has 37 heavy (non-hydrogen) atoms. The molecule has 1 saturated heterocycles. The number of nitrogens with zero attached hydrogens (tertiary/aromatic N) is 2. The Morgan fingerprint density at radius 2 is 1.89 bits per heavy atom. The third kappa shape index (κ3) is 4.44. The van der Waals surface area contributed by atoms with Gasteiger partial charge in [0, 0.05) is 38.1 Å². The molecule has 192 valence electrons. The number of nitrogens with one attached hydrogen (secondary N) is 2. The van der Waals surface area contributed by atoms with Crippen molar-refractivity contribution in [1.82, 2.24) is 15.1 Å². The molecule has 2 N–H and O–H groups in total. The third-order valence-electron chi connectivity index (χ3n) is 8.37. The Labute approximate surface area is 215 Å². The summed E-state index contributed by atoms with van der Waals surface area (Å²) in [5, 5.41) is 10.0. The first-order chi connectivity index (χ1) is 17.9. The minimum Gasteiger partial charge on any atom is -0.381 e. The van der Waals surface area contributed by atoms with Crippen LogP contribution < -0.4 is 10.6 Å². The average molecular weight is 503 g/mol. The molecule has 2 aromatic carbocycles. The lowest BCUT2D eigenvalue weighted by Gasteiger charge is -2.30. The van der Waals surface area contributed by atoms with Crippen LogP contribution in [-0.4, -0.2) is 40.9 Å². The van der Waals surface area contributed by atoms with Crippen LogP contribution in [0.4, 0.5) is 10.1 Å². The van der Waals surface area contributed by atoms with Crippen molar-refractivity contribution < 1.29 is 18.7 Å². The molecule has 1 aliphatic heterocycles. The Morgan fingerprint density at radius 3 is 2.59 bits per heavy atom. The zero-order valence-corrected chi connectivity index (χ0v) is 20.9. The van der Waals surface area contributed by atoms with Crippen molar-refractivity contribution >= 4 is 17.5 Å². The van der Waals surface area contributed by atoms with Crippen LogP contribution in [0.15, 0.2) is 54.7 Å². The van der Waals surface area contributed by atoms with Crippen LogP contribution in [0, 0.1) is 11.2 Å². The van der Waals surface area contributed by atoms with Crippen molar-refractivity contribution in [3.63, 3.8) is 0 Å². The molecule has 1 aromatic heterocycles. The molecular formula is C29H31FN4O3. The van der Waals surface area contributed by atoms with Gasteiger partial charge in [-0.3, -0.25) is 14.3 Å². The zero-order valence-electron chi connectivity index (χ0n) is 20.9. The number of hydrogen-bond acceptors (Lipinski definition) is 4. The van der Waals surface area contributed by atoms with E-state index in [2.05, 4.69) is 27.9 Å². The van der Waals surface area contributed by atoms with E-state index < -0.39 is 6.04 Å². The van der Waals surface area contributed by atoms with Gasteiger partial charge in [0.25, 0.3) is 5.91 Å². The normalized spacial score (nSPS) is 20.9. The predicted octanol–water partition coefficient (Wildman–Crippen LogP) is 4.31. The Balaban J connectivity index is 1.29. The second-order valence-electron chi connectivity index (χ2n) is 10.6. The van der Waals surface area contributed by atoms with Gasteiger partial charge in [-0.05, 0) is 78.3 Å². The van der Waals surface area contributed by atoms with Crippen LogP contribution in [0.3, 0.4) is 0 Å². The molecule has 0 bridgehead atoms. The molecular weight excluding hydrogens is 471 g/mol. The Kier molecular flexibility index (Phi) is 6.07. The molecule has 6 rings (SSSR count). The molecule has 7 nitrogen and oxygen atoms in total. The quantitative estimate of drug-likeness (QED) is 0.526. The maximum atomic E-state index is 15.1. The fraction of sp³-hybridized carbons (Fsp3) is 0.414. The molecule has 2 atom stereocenters. The van der Waals surface area contributed by atoms with E-state index in [4.69, 9.17) is 4.74 Å². The summed E-state index contributed by atoms with van der Waals surface area (Å²) in [5.41, 5.74) is 3.71. The number of ether oxygens (including phenoxy) is 1. The highest BCUT2D eigenvalue weighted by Crippen LogP contribution is 2.64. The van der Waals surface area contributed by atoms with Crippen molar-refractivity contribution in [2.45, 2.75) is 50.0 Å². The number of aryl methyl sites for hydroxylation is 1. The van der Waals surface area contributed by atoms with E-state index in [1.165, 1.54) is 16.3 Å². The van der Waals surface area contributed by atoms with Crippen LogP contribution >= 0.6 is 0 Å². The summed E-state index contributed by atoms with van der Waals surface area (Å²) >= 11 is 0. The lowest BCUT2D eigenvalue weighted by molar-refractivity contribution is -0.118. The number of amides is 2. The highest BCUT2D eigenvalue weighted by Gasteiger charge is 2.58. The molecule has 2 fully saturated rings. The number of carbonyl (C=O) groups is 2. The molecule has 2 amide bonds. The van der Waals surface area contributed by atoms with Gasteiger partial charge >= 0.3 is 0 Å². The van der Waals surface area contributed by atoms with Gasteiger partial charge in [0.05, 0.1) is 0 Å². The SMILES string of the molecule is Cn1nccc1C(=O)N[C@H](C(=O)Nc1ccc(C2CCOCC2)c(F)c1)C1c2ccccc2CC12CC2. The first-order valence-corrected chi connectivity index (χ1v) is 13.0. The largest absolute Gasteiger partial charge is 0.381 e. The molecule has 2 aliphatic carbocycles. The number of hydrogen-bond donors (Lipinski definition) is 2. The van der Waals surface area contributed by atoms with E-state index in [1.807, 2.05) is 12.1 Å². The van der Waals surface area contributed by atoms with E-state index in [9.17, 15) is 9.59 Å². The lowest BCUT2D eigenvalue weighted by atomic mass is 9.82. The number of anilines is 1. The fourth-order valence-electron chi connectivity index (χ4n) is 6.28. The van der Waals surface area contributed by atoms with Gasteiger partial charge in [-0.2, -0.15) is 5.10 Å². The number of fused-ring (bicyclic) bond motifs is 1. The second kappa shape index (κ2) is 9.41. The highest BCUT2D eigenvalue weighted by atomic mass is 19.1. The number of halogens is 1. The lowest BCUT2D eigenvalue weighted by Crippen LogP contribution is -2.49. The number of rotatable bonds is 6. The van der Waals surface area contributed by atoms with Crippen LogP contribution in [0.2, 0.25) is 0 Å². The Morgan fingerprint density at radius 1 is 1.11 bits per heavy atom. The van der Waals surface area contributed by atoms with Crippen molar-refractivity contribution in [3.05, 3.63) is 82.9 Å². The van der Waals surface area contributed by atoms with Gasteiger partial charge in [0.15, 0.2) is 0 Å². The van der Waals surface area contributed by atoms with Gasteiger partial charge in [-0.15, -0.1) is 0 Å². The summed E-state index contributed by atoms with van der Waals surface area (Å²) in [6.07, 6.45) is 6.04. The van der Waals surface area contributed by atoms with E-state index in [-0.39, 0.29) is 34.9 Å². The summed E-state index contributed by atoms with van der Waals surface area (Å²) in [5.74, 6) is -1.07. The Hall–Kier alpha value is -3.52. The van der Waals surface area contributed by atoms with Crippen molar-refractivity contribution in [3.8, 4) is 0 Å². The molecule has 1 saturated carbocycles. The number of carbonyl (C=O) groups excluding carboxylic acids is 2. The summed E-state index contributed by atoms with van der Waals surface area (Å²) in [6.45, 7) is 1.26. The molecule has 3 aromatic rings. The maximum Gasteiger partial charge on any atom is 0.270 e. The average Bonchev–Trinajstić information content (AvgIpc) is 3.40. The molecule has 1 spiro atoms. The van der Waals surface area contributed by atoms with Crippen molar-refractivity contribution in [2.75, 3.05) is 18.5 Å². The monoisotopic (exact) mass is 502 g/mol. The number of aromatic nitrogens is 2. The Bertz CT molecular complexity index is 1340. The standard InChI is InChI=1S/C29H31FN4O3/c1-34-24(8-13-31-34)27(35)33-26(25-22-5-3-2-4-19(22)17-29(25)11-12-29)28(36)32-20-6-7-21(23(30)16-20)18-9-14-37-15-10-18/h2-8,13,16,18,25-26H,9-12,14-15,17H2,1H3,(H,32,36)(H,33,35)/t25?,26-/m0/s1. The van der Waals surface area contributed by atoms with Gasteiger partial charge in [0.2, 0.25) is 5.91 Å². The van der Waals surface area contributed by atoms with E-state index in [0.29, 0.717) is 30.2 Å². The summed E-state index contributed by atoms with van der Waals surface area (Å²) in [4.78, 5) is 27.1. The van der Waals surface area contributed by atoms with E-state index in [0.717, 1.165) is 37.7 Å². The topological polar surface area (TPSA) is 85.2 Å². The van der Waals surface area contributed by atoms with E-state index >= 15 is 4.39 Å². The molecule has 8 heteroatoms. The van der Waals surface area contributed by atoms with Crippen molar-refractivity contribution in [1.29, 1.82) is 0 Å². The second-order valence-corrected chi connectivity index (χ2v) is 10.6. The van der Waals surface area contributed by atoms with Crippen LogP contribution in [-0.2, 0) is 23.0 Å². The minimum atomic E-state index is -0.813. The summed E-state index contributed by atoms with van der Waals surface area (Å²) in [7, 11) is 1.69. The van der Waals surface area contributed by atoms with Crippen molar-refractivity contribution in [2.24, 2.45) is 12.5 Å². The van der Waals surface area contributed by atoms with Crippen LogP contribution in [0.25, 0.3) is 0 Å². The first kappa shape index (κ1) is 23.9. The summed E-state index contributed by atoms with van der Waals surface area (Å²) < 4.78 is 22.0.